The topological polar surface area (TPSA) is 37.8 Å². The lowest BCUT2D eigenvalue weighted by Crippen LogP contribution is -2.17. The maximum absolute atomic E-state index is 4.46. The van der Waals surface area contributed by atoms with Crippen LogP contribution in [0.15, 0.2) is 21.7 Å². The number of anilines is 1. The summed E-state index contributed by atoms with van der Waals surface area (Å²) in [5.41, 5.74) is -0.0639. The van der Waals surface area contributed by atoms with Crippen LogP contribution in [0, 0.1) is 0 Å². The molecule has 0 fully saturated rings. The van der Waals surface area contributed by atoms with E-state index in [1.54, 1.807) is 0 Å². The van der Waals surface area contributed by atoms with Gasteiger partial charge in [-0.25, -0.2) is 9.97 Å². The normalized spacial score (nSPS) is 11.3. The zero-order valence-electron chi connectivity index (χ0n) is 9.64. The molecule has 1 aromatic heterocycles. The smallest absolute Gasteiger partial charge is 0.137 e. The fraction of sp³-hybridized carbons (Fsp3) is 0.455. The van der Waals surface area contributed by atoms with Gasteiger partial charge < -0.3 is 5.32 Å². The Balaban J connectivity index is 2.94. The van der Waals surface area contributed by atoms with Crippen LogP contribution in [-0.2, 0) is 5.41 Å². The molecule has 0 radical (unpaired) electrons. The number of nitrogens with one attached hydrogen (secondary N) is 1. The molecular weight excluding hydrogens is 334 g/mol. The van der Waals surface area contributed by atoms with Gasteiger partial charge in [0.25, 0.3) is 0 Å². The fourth-order valence-electron chi connectivity index (χ4n) is 1.03. The quantitative estimate of drug-likeness (QED) is 0.843. The average molecular weight is 349 g/mol. The summed E-state index contributed by atoms with van der Waals surface area (Å²) in [5.74, 6) is 1.61. The van der Waals surface area contributed by atoms with Gasteiger partial charge in [0.15, 0.2) is 0 Å². The van der Waals surface area contributed by atoms with Crippen molar-refractivity contribution in [1.82, 2.24) is 9.97 Å². The third kappa shape index (κ3) is 4.22. The van der Waals surface area contributed by atoms with E-state index in [9.17, 15) is 0 Å². The minimum absolute atomic E-state index is 0.0639. The number of aromatic nitrogens is 2. The van der Waals surface area contributed by atoms with Crippen LogP contribution < -0.4 is 5.32 Å². The lowest BCUT2D eigenvalue weighted by atomic mass is 9.96. The molecule has 0 atom stereocenters. The van der Waals surface area contributed by atoms with Gasteiger partial charge in [-0.2, -0.15) is 0 Å². The van der Waals surface area contributed by atoms with Gasteiger partial charge in [-0.05, 0) is 15.9 Å². The number of rotatable bonds is 3. The summed E-state index contributed by atoms with van der Waals surface area (Å²) in [6, 6.07) is 1.85. The van der Waals surface area contributed by atoms with Gasteiger partial charge in [-0.15, -0.1) is 0 Å². The van der Waals surface area contributed by atoms with Crippen LogP contribution in [0.3, 0.4) is 0 Å². The highest BCUT2D eigenvalue weighted by atomic mass is 79.9. The Bertz CT molecular complexity index is 397. The molecule has 88 valence electrons. The molecule has 1 heterocycles. The van der Waals surface area contributed by atoms with Crippen molar-refractivity contribution in [2.75, 3.05) is 11.9 Å². The minimum Gasteiger partial charge on any atom is -0.365 e. The van der Waals surface area contributed by atoms with Crippen molar-refractivity contribution in [3.8, 4) is 0 Å². The Morgan fingerprint density at radius 2 is 2.06 bits per heavy atom. The van der Waals surface area contributed by atoms with E-state index < -0.39 is 0 Å². The second-order valence-electron chi connectivity index (χ2n) is 4.52. The zero-order chi connectivity index (χ0) is 12.3. The maximum atomic E-state index is 4.46. The standard InChI is InChI=1S/C11H15Br2N3/c1-7(12)6-14-9-5-8(13)15-10(16-9)11(2,3)4/h5H,1,6H2,2-4H3,(H,14,15,16). The lowest BCUT2D eigenvalue weighted by Gasteiger charge is -2.17. The average Bonchev–Trinajstić information content (AvgIpc) is 2.12. The summed E-state index contributed by atoms with van der Waals surface area (Å²) in [7, 11) is 0. The largest absolute Gasteiger partial charge is 0.365 e. The van der Waals surface area contributed by atoms with Crippen molar-refractivity contribution in [1.29, 1.82) is 0 Å². The zero-order valence-corrected chi connectivity index (χ0v) is 12.8. The minimum atomic E-state index is -0.0639. The van der Waals surface area contributed by atoms with Crippen molar-refractivity contribution in [2.24, 2.45) is 0 Å². The Morgan fingerprint density at radius 1 is 1.44 bits per heavy atom. The second kappa shape index (κ2) is 5.27. The molecule has 3 nitrogen and oxygen atoms in total. The molecule has 0 aliphatic heterocycles. The summed E-state index contributed by atoms with van der Waals surface area (Å²) in [4.78, 5) is 8.83. The van der Waals surface area contributed by atoms with Crippen LogP contribution in [0.1, 0.15) is 26.6 Å². The number of hydrogen-bond acceptors (Lipinski definition) is 3. The number of nitrogens with zero attached hydrogens (tertiary/aromatic N) is 2. The van der Waals surface area contributed by atoms with Gasteiger partial charge in [0.1, 0.15) is 16.2 Å². The van der Waals surface area contributed by atoms with Crippen molar-refractivity contribution in [3.63, 3.8) is 0 Å². The van der Waals surface area contributed by atoms with Crippen molar-refractivity contribution in [3.05, 3.63) is 27.6 Å². The molecule has 1 rings (SSSR count). The molecule has 0 spiro atoms. The first-order valence-corrected chi connectivity index (χ1v) is 6.50. The van der Waals surface area contributed by atoms with E-state index in [0.717, 1.165) is 20.7 Å². The lowest BCUT2D eigenvalue weighted by molar-refractivity contribution is 0.544. The van der Waals surface area contributed by atoms with E-state index in [0.29, 0.717) is 6.54 Å². The van der Waals surface area contributed by atoms with Gasteiger partial charge in [0.05, 0.1) is 0 Å². The van der Waals surface area contributed by atoms with Crippen LogP contribution in [0.5, 0.6) is 0 Å². The van der Waals surface area contributed by atoms with Gasteiger partial charge in [0.2, 0.25) is 0 Å². The molecule has 0 aliphatic rings. The van der Waals surface area contributed by atoms with E-state index >= 15 is 0 Å². The monoisotopic (exact) mass is 347 g/mol. The molecule has 0 aliphatic carbocycles. The van der Waals surface area contributed by atoms with Crippen molar-refractivity contribution >= 4 is 37.7 Å². The summed E-state index contributed by atoms with van der Waals surface area (Å²) in [5, 5.41) is 3.17. The summed E-state index contributed by atoms with van der Waals surface area (Å²) in [6.07, 6.45) is 0. The predicted octanol–water partition coefficient (Wildman–Crippen LogP) is 3.86. The van der Waals surface area contributed by atoms with Crippen molar-refractivity contribution in [2.45, 2.75) is 26.2 Å². The molecule has 1 N–H and O–H groups in total. The third-order valence-corrected chi connectivity index (χ3v) is 2.51. The molecule has 0 bridgehead atoms. The van der Waals surface area contributed by atoms with E-state index in [1.165, 1.54) is 0 Å². The van der Waals surface area contributed by atoms with Gasteiger partial charge in [-0.3, -0.25) is 0 Å². The highest BCUT2D eigenvalue weighted by Gasteiger charge is 2.18. The Kier molecular flexibility index (Phi) is 4.50. The summed E-state index contributed by atoms with van der Waals surface area (Å²) >= 11 is 6.68. The Morgan fingerprint density at radius 3 is 2.56 bits per heavy atom. The van der Waals surface area contributed by atoms with Crippen LogP contribution in [0.4, 0.5) is 5.82 Å². The predicted molar refractivity (Wildman–Crippen MR) is 75.0 cm³/mol. The molecule has 5 heteroatoms. The first-order valence-electron chi connectivity index (χ1n) is 4.91. The van der Waals surface area contributed by atoms with Crippen LogP contribution >= 0.6 is 31.9 Å². The number of halogens is 2. The molecule has 1 aromatic rings. The summed E-state index contributed by atoms with van der Waals surface area (Å²) < 4.78 is 1.68. The summed E-state index contributed by atoms with van der Waals surface area (Å²) in [6.45, 7) is 10.7. The molecule has 0 amide bonds. The maximum Gasteiger partial charge on any atom is 0.137 e. The fourth-order valence-corrected chi connectivity index (χ4v) is 1.56. The molecule has 16 heavy (non-hydrogen) atoms. The SMILES string of the molecule is C=C(Br)CNc1cc(Br)nc(C(C)(C)C)n1. The van der Waals surface area contributed by atoms with Crippen LogP contribution in [0.25, 0.3) is 0 Å². The van der Waals surface area contributed by atoms with Gasteiger partial charge in [-0.1, -0.05) is 43.3 Å². The van der Waals surface area contributed by atoms with E-state index in [-0.39, 0.29) is 5.41 Å². The van der Waals surface area contributed by atoms with Crippen LogP contribution in [-0.4, -0.2) is 16.5 Å². The first kappa shape index (κ1) is 13.6. The first-order chi connectivity index (χ1) is 7.29. The molecular formula is C11H15Br2N3. The third-order valence-electron chi connectivity index (χ3n) is 1.83. The van der Waals surface area contributed by atoms with Crippen molar-refractivity contribution < 1.29 is 0 Å². The molecule has 0 unspecified atom stereocenters. The number of hydrogen-bond donors (Lipinski definition) is 1. The van der Waals surface area contributed by atoms with Gasteiger partial charge in [0, 0.05) is 22.5 Å². The van der Waals surface area contributed by atoms with E-state index in [4.69, 9.17) is 0 Å². The van der Waals surface area contributed by atoms with Gasteiger partial charge >= 0.3 is 0 Å². The molecule has 0 saturated carbocycles. The molecule has 0 saturated heterocycles. The Hall–Kier alpha value is -0.420. The van der Waals surface area contributed by atoms with E-state index in [1.807, 2.05) is 6.07 Å². The Labute approximate surface area is 113 Å². The van der Waals surface area contributed by atoms with E-state index in [2.05, 4.69) is 74.5 Å². The second-order valence-corrected chi connectivity index (χ2v) is 6.45. The highest BCUT2D eigenvalue weighted by molar-refractivity contribution is 9.11. The highest BCUT2D eigenvalue weighted by Crippen LogP contribution is 2.22. The van der Waals surface area contributed by atoms with Crippen LogP contribution in [0.2, 0.25) is 0 Å². The molecule has 0 aromatic carbocycles.